The average Bonchev–Trinajstić information content (AvgIpc) is 3.42. The number of hydrogen-bond donors (Lipinski definition) is 4. The smallest absolute Gasteiger partial charge is 0.323 e. The lowest BCUT2D eigenvalue weighted by atomic mass is 9.92. The first kappa shape index (κ1) is 22.2. The minimum absolute atomic E-state index is 0.0399. The quantitative estimate of drug-likeness (QED) is 0.319. The Kier molecular flexibility index (Phi) is 5.48. The van der Waals surface area contributed by atoms with Crippen LogP contribution in [0.1, 0.15) is 21.6 Å². The standard InChI is InChI=1S/C25H18F3N5O2/c1-12-10-29-23(31-12)17-6-5-15(18-11-30-24(34)22(17)18)16-4-2-13(8-20(16)27)32-25(35)33-14-3-7-19(26)21(28)9-14/h2-10H,11H2,1H3,(H,29,31)(H,30,34)(H2,32,33,35). The van der Waals surface area contributed by atoms with Gasteiger partial charge in [-0.15, -0.1) is 0 Å². The number of urea groups is 1. The summed E-state index contributed by atoms with van der Waals surface area (Å²) >= 11 is 0. The van der Waals surface area contributed by atoms with Crippen molar-refractivity contribution in [1.29, 1.82) is 0 Å². The third kappa shape index (κ3) is 4.21. The molecule has 1 aliphatic rings. The molecule has 4 N–H and O–H groups in total. The van der Waals surface area contributed by atoms with Gasteiger partial charge in [0.15, 0.2) is 11.6 Å². The predicted molar refractivity (Wildman–Crippen MR) is 124 cm³/mol. The van der Waals surface area contributed by atoms with Gasteiger partial charge in [0.2, 0.25) is 0 Å². The number of H-pyrrole nitrogens is 1. The lowest BCUT2D eigenvalue weighted by Crippen LogP contribution is -2.19. The van der Waals surface area contributed by atoms with E-state index in [1.54, 1.807) is 18.3 Å². The molecule has 0 atom stereocenters. The highest BCUT2D eigenvalue weighted by molar-refractivity contribution is 6.06. The molecule has 0 aliphatic carbocycles. The summed E-state index contributed by atoms with van der Waals surface area (Å²) in [6, 6.07) is 9.76. The molecule has 4 aromatic rings. The molecular formula is C25H18F3N5O2. The van der Waals surface area contributed by atoms with Crippen LogP contribution in [0, 0.1) is 24.4 Å². The van der Waals surface area contributed by atoms with Gasteiger partial charge in [-0.2, -0.15) is 0 Å². The third-order valence-electron chi connectivity index (χ3n) is 5.62. The minimum atomic E-state index is -1.10. The van der Waals surface area contributed by atoms with Crippen molar-refractivity contribution in [2.75, 3.05) is 10.6 Å². The van der Waals surface area contributed by atoms with Gasteiger partial charge in [0.1, 0.15) is 11.6 Å². The molecular weight excluding hydrogens is 459 g/mol. The molecule has 3 amide bonds. The van der Waals surface area contributed by atoms with Gasteiger partial charge in [-0.3, -0.25) is 4.79 Å². The van der Waals surface area contributed by atoms with Gasteiger partial charge in [-0.1, -0.05) is 6.07 Å². The molecule has 176 valence electrons. The molecule has 0 radical (unpaired) electrons. The average molecular weight is 477 g/mol. The van der Waals surface area contributed by atoms with E-state index in [9.17, 15) is 18.4 Å². The summed E-state index contributed by atoms with van der Waals surface area (Å²) in [7, 11) is 0. The number of rotatable bonds is 4. The molecule has 35 heavy (non-hydrogen) atoms. The van der Waals surface area contributed by atoms with Crippen LogP contribution in [-0.2, 0) is 6.54 Å². The van der Waals surface area contributed by atoms with Gasteiger partial charge in [0, 0.05) is 47.0 Å². The molecule has 0 saturated heterocycles. The first-order chi connectivity index (χ1) is 16.8. The molecule has 0 fully saturated rings. The third-order valence-corrected chi connectivity index (χ3v) is 5.62. The van der Waals surface area contributed by atoms with Crippen molar-refractivity contribution in [2.24, 2.45) is 0 Å². The second-order valence-electron chi connectivity index (χ2n) is 8.01. The van der Waals surface area contributed by atoms with E-state index in [2.05, 4.69) is 25.9 Å². The van der Waals surface area contributed by atoms with Gasteiger partial charge in [0.25, 0.3) is 5.91 Å². The number of halogens is 3. The summed E-state index contributed by atoms with van der Waals surface area (Å²) in [5.74, 6) is -2.47. The second kappa shape index (κ2) is 8.64. The fourth-order valence-electron chi connectivity index (χ4n) is 4.03. The van der Waals surface area contributed by atoms with Crippen LogP contribution in [0.5, 0.6) is 0 Å². The van der Waals surface area contributed by atoms with Crippen LogP contribution in [0.25, 0.3) is 22.5 Å². The van der Waals surface area contributed by atoms with Crippen molar-refractivity contribution in [3.63, 3.8) is 0 Å². The second-order valence-corrected chi connectivity index (χ2v) is 8.01. The maximum atomic E-state index is 15.1. The molecule has 1 aromatic heterocycles. The van der Waals surface area contributed by atoms with E-state index >= 15 is 4.39 Å². The van der Waals surface area contributed by atoms with Gasteiger partial charge in [-0.05, 0) is 54.4 Å². The number of carbonyl (C=O) groups excluding carboxylic acids is 2. The van der Waals surface area contributed by atoms with Gasteiger partial charge in [-0.25, -0.2) is 22.9 Å². The zero-order valence-corrected chi connectivity index (χ0v) is 18.3. The maximum Gasteiger partial charge on any atom is 0.323 e. The largest absolute Gasteiger partial charge is 0.348 e. The van der Waals surface area contributed by atoms with Crippen LogP contribution >= 0.6 is 0 Å². The molecule has 0 saturated carbocycles. The topological polar surface area (TPSA) is 98.9 Å². The number of aromatic nitrogens is 2. The Labute approximate surface area is 197 Å². The monoisotopic (exact) mass is 477 g/mol. The number of nitrogens with zero attached hydrogens (tertiary/aromatic N) is 1. The van der Waals surface area contributed by atoms with E-state index in [0.29, 0.717) is 28.1 Å². The SMILES string of the molecule is Cc1cnc(-c2ccc(-c3ccc(NC(=O)Nc4ccc(F)c(F)c4)cc3F)c3c2C(=O)NC3)[nH]1. The van der Waals surface area contributed by atoms with E-state index in [1.165, 1.54) is 18.2 Å². The summed E-state index contributed by atoms with van der Waals surface area (Å²) in [5, 5.41) is 7.59. The normalized spacial score (nSPS) is 12.3. The lowest BCUT2D eigenvalue weighted by Gasteiger charge is -2.13. The highest BCUT2D eigenvalue weighted by atomic mass is 19.2. The zero-order valence-electron chi connectivity index (χ0n) is 18.3. The van der Waals surface area contributed by atoms with Crippen molar-refractivity contribution in [1.82, 2.24) is 15.3 Å². The van der Waals surface area contributed by atoms with Crippen LogP contribution in [0.15, 0.2) is 54.7 Å². The number of fused-ring (bicyclic) bond motifs is 1. The van der Waals surface area contributed by atoms with Crippen LogP contribution in [0.3, 0.4) is 0 Å². The Morgan fingerprint density at radius 2 is 1.54 bits per heavy atom. The van der Waals surface area contributed by atoms with Gasteiger partial charge in [0.05, 0.1) is 5.56 Å². The number of carbonyl (C=O) groups is 2. The van der Waals surface area contributed by atoms with E-state index in [1.807, 2.05) is 6.92 Å². The van der Waals surface area contributed by atoms with Crippen LogP contribution in [-0.4, -0.2) is 21.9 Å². The number of anilines is 2. The molecule has 1 aliphatic heterocycles. The molecule has 7 nitrogen and oxygen atoms in total. The van der Waals surface area contributed by atoms with Crippen molar-refractivity contribution < 1.29 is 22.8 Å². The Hall–Kier alpha value is -4.60. The molecule has 3 aromatic carbocycles. The van der Waals surface area contributed by atoms with E-state index in [0.717, 1.165) is 23.9 Å². The predicted octanol–water partition coefficient (Wildman–Crippen LogP) is 5.36. The zero-order chi connectivity index (χ0) is 24.7. The number of aryl methyl sites for hydroxylation is 1. The van der Waals surface area contributed by atoms with Crippen molar-refractivity contribution in [3.8, 4) is 22.5 Å². The highest BCUT2D eigenvalue weighted by Crippen LogP contribution is 2.36. The summed E-state index contributed by atoms with van der Waals surface area (Å²) < 4.78 is 41.5. The molecule has 2 heterocycles. The van der Waals surface area contributed by atoms with Crippen molar-refractivity contribution >= 4 is 23.3 Å². The van der Waals surface area contributed by atoms with E-state index < -0.39 is 23.5 Å². The summed E-state index contributed by atoms with van der Waals surface area (Å²) in [4.78, 5) is 32.2. The Bertz CT molecular complexity index is 1500. The van der Waals surface area contributed by atoms with Crippen LogP contribution < -0.4 is 16.0 Å². The van der Waals surface area contributed by atoms with Crippen LogP contribution in [0.2, 0.25) is 0 Å². The van der Waals surface area contributed by atoms with Crippen LogP contribution in [0.4, 0.5) is 29.3 Å². The number of hydrogen-bond acceptors (Lipinski definition) is 3. The molecule has 5 rings (SSSR count). The fourth-order valence-corrected chi connectivity index (χ4v) is 4.03. The maximum absolute atomic E-state index is 15.1. The molecule has 0 bridgehead atoms. The molecule has 0 unspecified atom stereocenters. The first-order valence-corrected chi connectivity index (χ1v) is 10.6. The van der Waals surface area contributed by atoms with Crippen molar-refractivity contribution in [3.05, 3.63) is 89.0 Å². The van der Waals surface area contributed by atoms with Crippen molar-refractivity contribution in [2.45, 2.75) is 13.5 Å². The first-order valence-electron chi connectivity index (χ1n) is 10.6. The number of aromatic amines is 1. The summed E-state index contributed by atoms with van der Waals surface area (Å²) in [6.07, 6.45) is 1.66. The highest BCUT2D eigenvalue weighted by Gasteiger charge is 2.28. The summed E-state index contributed by atoms with van der Waals surface area (Å²) in [6.45, 7) is 2.10. The number of nitrogens with one attached hydrogen (secondary N) is 4. The number of benzene rings is 3. The number of imidazole rings is 1. The lowest BCUT2D eigenvalue weighted by molar-refractivity contribution is 0.0966. The van der Waals surface area contributed by atoms with Gasteiger partial charge < -0.3 is 20.9 Å². The molecule has 10 heteroatoms. The Morgan fingerprint density at radius 1 is 0.886 bits per heavy atom. The fraction of sp³-hybridized carbons (Fsp3) is 0.0800. The summed E-state index contributed by atoms with van der Waals surface area (Å²) in [5.41, 5.74) is 3.55. The number of amides is 3. The minimum Gasteiger partial charge on any atom is -0.348 e. The van der Waals surface area contributed by atoms with E-state index in [4.69, 9.17) is 0 Å². The Morgan fingerprint density at radius 3 is 2.20 bits per heavy atom. The molecule has 0 spiro atoms. The van der Waals surface area contributed by atoms with E-state index in [-0.39, 0.29) is 29.4 Å². The van der Waals surface area contributed by atoms with Gasteiger partial charge >= 0.3 is 6.03 Å². The Balaban J connectivity index is 1.41.